The van der Waals surface area contributed by atoms with Gasteiger partial charge in [0.2, 0.25) is 5.91 Å². The number of nitrogens with one attached hydrogen (secondary N) is 2. The molecule has 35 heavy (non-hydrogen) atoms. The first-order valence-electron chi connectivity index (χ1n) is 11.1. The quantitative estimate of drug-likeness (QED) is 0.190. The second-order valence-electron chi connectivity index (χ2n) is 8.35. The molecule has 10 atom stereocenters. The van der Waals surface area contributed by atoms with E-state index in [4.69, 9.17) is 18.9 Å². The molecule has 196 valence electrons. The molecule has 0 aliphatic carbocycles. The first-order valence-corrected chi connectivity index (χ1v) is 11.1. The van der Waals surface area contributed by atoms with Gasteiger partial charge in [-0.1, -0.05) is 18.2 Å². The molecule has 2 aliphatic rings. The largest absolute Gasteiger partial charge is 0.394 e. The Labute approximate surface area is 201 Å². The third-order valence-electron chi connectivity index (χ3n) is 5.96. The van der Waals surface area contributed by atoms with Crippen molar-refractivity contribution in [2.24, 2.45) is 0 Å². The molecule has 1 aromatic carbocycles. The van der Waals surface area contributed by atoms with Gasteiger partial charge < -0.3 is 55.1 Å². The van der Waals surface area contributed by atoms with Gasteiger partial charge in [0.15, 0.2) is 12.6 Å². The zero-order valence-electron chi connectivity index (χ0n) is 19.3. The van der Waals surface area contributed by atoms with Gasteiger partial charge in [-0.3, -0.25) is 9.59 Å². The minimum absolute atomic E-state index is 0.275. The van der Waals surface area contributed by atoms with Crippen LogP contribution in [-0.2, 0) is 23.7 Å². The second kappa shape index (κ2) is 12.2. The molecule has 3 rings (SSSR count). The topological polar surface area (TPSA) is 196 Å². The summed E-state index contributed by atoms with van der Waals surface area (Å²) in [5.74, 6) is -1.07. The summed E-state index contributed by atoms with van der Waals surface area (Å²) in [6.45, 7) is -0.0506. The average Bonchev–Trinajstić information content (AvgIpc) is 2.85. The van der Waals surface area contributed by atoms with Crippen LogP contribution in [0.1, 0.15) is 17.3 Å². The lowest BCUT2D eigenvalue weighted by atomic mass is 9.94. The summed E-state index contributed by atoms with van der Waals surface area (Å²) in [6.07, 6.45) is -11.0. The Morgan fingerprint density at radius 1 is 0.886 bits per heavy atom. The molecular formula is C22H32N2O11. The number of rotatable bonds is 8. The van der Waals surface area contributed by atoms with Gasteiger partial charge in [-0.05, 0) is 12.1 Å². The van der Waals surface area contributed by atoms with E-state index < -0.39 is 86.3 Å². The van der Waals surface area contributed by atoms with Gasteiger partial charge in [0.1, 0.15) is 42.7 Å². The zero-order valence-corrected chi connectivity index (χ0v) is 19.3. The number of carbonyl (C=O) groups is 2. The average molecular weight is 501 g/mol. The summed E-state index contributed by atoms with van der Waals surface area (Å²) in [5, 5.41) is 56.9. The van der Waals surface area contributed by atoms with E-state index in [-0.39, 0.29) is 5.56 Å². The Kier molecular flexibility index (Phi) is 9.52. The van der Waals surface area contributed by atoms with Crippen molar-refractivity contribution in [1.82, 2.24) is 10.6 Å². The minimum atomic E-state index is -1.65. The molecule has 0 bridgehead atoms. The van der Waals surface area contributed by atoms with Crippen molar-refractivity contribution >= 4 is 11.8 Å². The number of aliphatic hydroxyl groups is 5. The van der Waals surface area contributed by atoms with Crippen LogP contribution in [0.2, 0.25) is 0 Å². The van der Waals surface area contributed by atoms with Gasteiger partial charge in [-0.25, -0.2) is 0 Å². The monoisotopic (exact) mass is 500 g/mol. The van der Waals surface area contributed by atoms with E-state index in [2.05, 4.69) is 10.6 Å². The fraction of sp³-hybridized carbons (Fsp3) is 0.636. The first kappa shape index (κ1) is 27.4. The van der Waals surface area contributed by atoms with Gasteiger partial charge in [0.25, 0.3) is 5.91 Å². The number of carbonyl (C=O) groups excluding carboxylic acids is 2. The van der Waals surface area contributed by atoms with Gasteiger partial charge in [-0.15, -0.1) is 0 Å². The molecule has 1 unspecified atom stereocenters. The first-order chi connectivity index (χ1) is 16.7. The molecular weight excluding hydrogens is 468 g/mol. The predicted octanol–water partition coefficient (Wildman–Crippen LogP) is -3.16. The molecule has 13 heteroatoms. The Balaban J connectivity index is 1.81. The van der Waals surface area contributed by atoms with E-state index in [0.717, 1.165) is 0 Å². The third-order valence-corrected chi connectivity index (χ3v) is 5.96. The lowest BCUT2D eigenvalue weighted by Crippen LogP contribution is -2.69. The maximum absolute atomic E-state index is 12.6. The molecule has 13 nitrogen and oxygen atoms in total. The fourth-order valence-electron chi connectivity index (χ4n) is 4.17. The highest BCUT2D eigenvalue weighted by Gasteiger charge is 2.51. The maximum Gasteiger partial charge on any atom is 0.251 e. The van der Waals surface area contributed by atoms with Crippen LogP contribution in [0.4, 0.5) is 0 Å². The van der Waals surface area contributed by atoms with Gasteiger partial charge in [0, 0.05) is 19.6 Å². The third kappa shape index (κ3) is 6.14. The maximum atomic E-state index is 12.6. The van der Waals surface area contributed by atoms with E-state index in [1.54, 1.807) is 30.3 Å². The smallest absolute Gasteiger partial charge is 0.251 e. The van der Waals surface area contributed by atoms with Crippen LogP contribution >= 0.6 is 0 Å². The van der Waals surface area contributed by atoms with Crippen molar-refractivity contribution in [3.8, 4) is 0 Å². The SMILES string of the molecule is COC1O[C@H](CO)[C@@H](O[C@@H]2O[C@H](CO)[C@H](O)[C@H](NC(=O)c3ccccc3)[C@H]2O)[C@H](O)[C@H]1NC(C)=O. The summed E-state index contributed by atoms with van der Waals surface area (Å²) in [7, 11) is 1.29. The number of benzene rings is 1. The van der Waals surface area contributed by atoms with E-state index in [1.165, 1.54) is 14.0 Å². The fourth-order valence-corrected chi connectivity index (χ4v) is 4.17. The minimum Gasteiger partial charge on any atom is -0.394 e. The molecule has 0 aromatic heterocycles. The number of aliphatic hydroxyl groups excluding tert-OH is 5. The van der Waals surface area contributed by atoms with Crippen LogP contribution in [0.3, 0.4) is 0 Å². The summed E-state index contributed by atoms with van der Waals surface area (Å²) in [5.41, 5.74) is 0.275. The van der Waals surface area contributed by atoms with E-state index in [1.807, 2.05) is 0 Å². The molecule has 2 fully saturated rings. The highest BCUT2D eigenvalue weighted by atomic mass is 16.7. The molecule has 2 aliphatic heterocycles. The summed E-state index contributed by atoms with van der Waals surface area (Å²) < 4.78 is 22.0. The van der Waals surface area contributed by atoms with Crippen molar-refractivity contribution in [3.63, 3.8) is 0 Å². The molecule has 2 heterocycles. The van der Waals surface area contributed by atoms with Crippen molar-refractivity contribution in [3.05, 3.63) is 35.9 Å². The van der Waals surface area contributed by atoms with Crippen molar-refractivity contribution in [2.45, 2.75) is 68.2 Å². The molecule has 1 aromatic rings. The number of methoxy groups -OCH3 is 1. The molecule has 2 amide bonds. The van der Waals surface area contributed by atoms with Crippen LogP contribution in [0, 0.1) is 0 Å². The lowest BCUT2D eigenvalue weighted by molar-refractivity contribution is -0.336. The number of hydrogen-bond acceptors (Lipinski definition) is 11. The predicted molar refractivity (Wildman–Crippen MR) is 117 cm³/mol. The zero-order chi connectivity index (χ0) is 25.7. The van der Waals surface area contributed by atoms with Crippen molar-refractivity contribution in [1.29, 1.82) is 0 Å². The Morgan fingerprint density at radius 3 is 2.09 bits per heavy atom. The van der Waals surface area contributed by atoms with E-state index >= 15 is 0 Å². The molecule has 2 saturated heterocycles. The number of hydrogen-bond donors (Lipinski definition) is 7. The molecule has 0 saturated carbocycles. The van der Waals surface area contributed by atoms with Crippen LogP contribution in [0.25, 0.3) is 0 Å². The summed E-state index contributed by atoms with van der Waals surface area (Å²) in [4.78, 5) is 24.3. The van der Waals surface area contributed by atoms with Gasteiger partial charge in [-0.2, -0.15) is 0 Å². The van der Waals surface area contributed by atoms with Crippen LogP contribution < -0.4 is 10.6 Å². The van der Waals surface area contributed by atoms with Gasteiger partial charge >= 0.3 is 0 Å². The molecule has 0 spiro atoms. The Morgan fingerprint density at radius 2 is 1.51 bits per heavy atom. The van der Waals surface area contributed by atoms with Crippen molar-refractivity contribution < 1.29 is 54.1 Å². The lowest BCUT2D eigenvalue weighted by Gasteiger charge is -2.47. The standard InChI is InChI=1S/C22H32N2O11/c1-10(27)23-15-17(29)19(13(9-26)34-21(15)32-2)35-22-18(30)14(16(28)12(8-25)33-22)24-20(31)11-6-4-3-5-7-11/h3-7,12-19,21-22,25-26,28-30H,8-9H2,1-2H3,(H,23,27)(H,24,31)/t12-,13-,14+,15-,16+,17-,18-,19-,21?,22+/m1/s1. The van der Waals surface area contributed by atoms with E-state index in [9.17, 15) is 35.1 Å². The van der Waals surface area contributed by atoms with Crippen LogP contribution in [0.15, 0.2) is 30.3 Å². The number of ether oxygens (including phenoxy) is 4. The second-order valence-corrected chi connectivity index (χ2v) is 8.35. The highest BCUT2D eigenvalue weighted by Crippen LogP contribution is 2.29. The van der Waals surface area contributed by atoms with Crippen molar-refractivity contribution in [2.75, 3.05) is 20.3 Å². The Bertz CT molecular complexity index is 844. The van der Waals surface area contributed by atoms with Gasteiger partial charge in [0.05, 0.1) is 19.3 Å². The summed E-state index contributed by atoms with van der Waals surface area (Å²) >= 11 is 0. The highest BCUT2D eigenvalue weighted by molar-refractivity contribution is 5.94. The Hall–Kier alpha value is -2.20. The molecule has 7 N–H and O–H groups in total. The van der Waals surface area contributed by atoms with Crippen LogP contribution in [0.5, 0.6) is 0 Å². The summed E-state index contributed by atoms with van der Waals surface area (Å²) in [6, 6.07) is 5.70. The normalized spacial score (nSPS) is 37.5. The van der Waals surface area contributed by atoms with Crippen LogP contribution in [-0.4, -0.2) is 119 Å². The molecule has 0 radical (unpaired) electrons. The van der Waals surface area contributed by atoms with E-state index in [0.29, 0.717) is 0 Å². The number of amides is 2.